The average molecular weight is 431 g/mol. The summed E-state index contributed by atoms with van der Waals surface area (Å²) in [7, 11) is 5.66. The number of halogens is 2. The van der Waals surface area contributed by atoms with E-state index in [1.807, 2.05) is 49.3 Å². The molecule has 0 unspecified atom stereocenters. The standard InChI is InChI=1S/C20H16Cl2N4OS/c1-26(2)12-6-4-11(17(8-12)27-3)5-7-18-25-19-20(28-18)24-16-10-14(22)13(21)9-15(16)23-19/h4-10H,1-3H3/b7-5+. The number of thiazole rings is 1. The molecule has 0 spiro atoms. The van der Waals surface area contributed by atoms with E-state index >= 15 is 0 Å². The summed E-state index contributed by atoms with van der Waals surface area (Å²) in [5.74, 6) is 0.801. The number of ether oxygens (including phenoxy) is 1. The van der Waals surface area contributed by atoms with Gasteiger partial charge in [-0.25, -0.2) is 15.0 Å². The van der Waals surface area contributed by atoms with Crippen LogP contribution in [0.3, 0.4) is 0 Å². The normalized spacial score (nSPS) is 11.6. The molecule has 0 saturated heterocycles. The van der Waals surface area contributed by atoms with E-state index in [0.29, 0.717) is 26.7 Å². The lowest BCUT2D eigenvalue weighted by Crippen LogP contribution is -2.08. The van der Waals surface area contributed by atoms with Gasteiger partial charge in [-0.2, -0.15) is 0 Å². The maximum absolute atomic E-state index is 6.08. The molecule has 0 aliphatic heterocycles. The molecule has 0 bridgehead atoms. The number of rotatable bonds is 4. The quantitative estimate of drug-likeness (QED) is 0.409. The highest BCUT2D eigenvalue weighted by Crippen LogP contribution is 2.30. The van der Waals surface area contributed by atoms with E-state index in [9.17, 15) is 0 Å². The molecule has 0 saturated carbocycles. The molecule has 0 aliphatic rings. The Morgan fingerprint density at radius 3 is 2.36 bits per heavy atom. The van der Waals surface area contributed by atoms with Crippen LogP contribution in [0, 0.1) is 0 Å². The lowest BCUT2D eigenvalue weighted by Gasteiger charge is -2.14. The number of methoxy groups -OCH3 is 1. The largest absolute Gasteiger partial charge is 0.496 e. The van der Waals surface area contributed by atoms with Gasteiger partial charge in [-0.1, -0.05) is 34.5 Å². The van der Waals surface area contributed by atoms with Crippen molar-refractivity contribution in [2.24, 2.45) is 0 Å². The number of aromatic nitrogens is 3. The van der Waals surface area contributed by atoms with E-state index in [2.05, 4.69) is 15.0 Å². The molecule has 0 amide bonds. The van der Waals surface area contributed by atoms with Gasteiger partial charge in [-0.05, 0) is 36.4 Å². The summed E-state index contributed by atoms with van der Waals surface area (Å²) in [6.45, 7) is 0. The van der Waals surface area contributed by atoms with Gasteiger partial charge in [0.1, 0.15) is 10.8 Å². The first kappa shape index (κ1) is 18.9. The Bertz CT molecular complexity index is 1160. The summed E-state index contributed by atoms with van der Waals surface area (Å²) in [5.41, 5.74) is 4.00. The fourth-order valence-electron chi connectivity index (χ4n) is 2.74. The molecule has 5 nitrogen and oxygen atoms in total. The summed E-state index contributed by atoms with van der Waals surface area (Å²) in [6, 6.07) is 9.49. The zero-order valence-electron chi connectivity index (χ0n) is 15.4. The van der Waals surface area contributed by atoms with E-state index in [0.717, 1.165) is 26.8 Å². The molecule has 2 aromatic carbocycles. The highest BCUT2D eigenvalue weighted by molar-refractivity contribution is 7.18. The van der Waals surface area contributed by atoms with E-state index in [4.69, 9.17) is 27.9 Å². The first-order chi connectivity index (χ1) is 13.4. The number of benzene rings is 2. The van der Waals surface area contributed by atoms with Crippen molar-refractivity contribution in [1.29, 1.82) is 0 Å². The van der Waals surface area contributed by atoms with E-state index in [1.165, 1.54) is 11.3 Å². The molecule has 0 radical (unpaired) electrons. The van der Waals surface area contributed by atoms with Crippen molar-refractivity contribution in [3.63, 3.8) is 0 Å². The number of hydrogen-bond donors (Lipinski definition) is 0. The molecule has 2 aromatic heterocycles. The topological polar surface area (TPSA) is 51.1 Å². The summed E-state index contributed by atoms with van der Waals surface area (Å²) in [6.07, 6.45) is 3.91. The van der Waals surface area contributed by atoms with Crippen LogP contribution in [0.4, 0.5) is 5.69 Å². The lowest BCUT2D eigenvalue weighted by molar-refractivity contribution is 0.414. The molecular weight excluding hydrogens is 415 g/mol. The van der Waals surface area contributed by atoms with Gasteiger partial charge in [0.25, 0.3) is 0 Å². The zero-order chi connectivity index (χ0) is 19.8. The van der Waals surface area contributed by atoms with Gasteiger partial charge in [-0.15, -0.1) is 0 Å². The van der Waals surface area contributed by atoms with Crippen LogP contribution < -0.4 is 9.64 Å². The minimum Gasteiger partial charge on any atom is -0.496 e. The second-order valence-electron chi connectivity index (χ2n) is 6.31. The molecule has 28 heavy (non-hydrogen) atoms. The van der Waals surface area contributed by atoms with Crippen molar-refractivity contribution in [3.05, 3.63) is 50.9 Å². The maximum atomic E-state index is 6.08. The van der Waals surface area contributed by atoms with Gasteiger partial charge in [0.2, 0.25) is 0 Å². The van der Waals surface area contributed by atoms with Gasteiger partial charge in [-0.3, -0.25) is 0 Å². The SMILES string of the molecule is COc1cc(N(C)C)ccc1/C=C/c1nc2nc3cc(Cl)c(Cl)cc3nc2s1. The van der Waals surface area contributed by atoms with Crippen LogP contribution >= 0.6 is 34.5 Å². The van der Waals surface area contributed by atoms with Crippen molar-refractivity contribution in [2.75, 3.05) is 26.1 Å². The van der Waals surface area contributed by atoms with E-state index in [-0.39, 0.29) is 0 Å². The van der Waals surface area contributed by atoms with Gasteiger partial charge < -0.3 is 9.64 Å². The Morgan fingerprint density at radius 2 is 1.68 bits per heavy atom. The van der Waals surface area contributed by atoms with E-state index in [1.54, 1.807) is 19.2 Å². The average Bonchev–Trinajstić information content (AvgIpc) is 3.07. The van der Waals surface area contributed by atoms with Gasteiger partial charge in [0.05, 0.1) is 28.2 Å². The van der Waals surface area contributed by atoms with Gasteiger partial charge >= 0.3 is 0 Å². The Hall–Kier alpha value is -2.41. The van der Waals surface area contributed by atoms with Crippen molar-refractivity contribution in [2.45, 2.75) is 0 Å². The third-order valence-corrected chi connectivity index (χ3v) is 5.84. The number of anilines is 1. The summed E-state index contributed by atoms with van der Waals surface area (Å²) < 4.78 is 5.51. The molecule has 4 rings (SSSR count). The third kappa shape index (κ3) is 3.63. The Labute approximate surface area is 176 Å². The van der Waals surface area contributed by atoms with E-state index < -0.39 is 0 Å². The number of nitrogens with zero attached hydrogens (tertiary/aromatic N) is 4. The molecule has 0 aliphatic carbocycles. The van der Waals surface area contributed by atoms with Crippen molar-refractivity contribution in [1.82, 2.24) is 15.0 Å². The van der Waals surface area contributed by atoms with Crippen LogP contribution in [0.15, 0.2) is 30.3 Å². The summed E-state index contributed by atoms with van der Waals surface area (Å²) in [4.78, 5) is 16.5. The Morgan fingerprint density at radius 1 is 0.964 bits per heavy atom. The van der Waals surface area contributed by atoms with Crippen molar-refractivity contribution < 1.29 is 4.74 Å². The van der Waals surface area contributed by atoms with Crippen LogP contribution in [0.1, 0.15) is 10.6 Å². The third-order valence-electron chi connectivity index (χ3n) is 4.21. The highest BCUT2D eigenvalue weighted by atomic mass is 35.5. The van der Waals surface area contributed by atoms with Gasteiger partial charge in [0.15, 0.2) is 10.5 Å². The fraction of sp³-hybridized carbons (Fsp3) is 0.150. The molecule has 0 fully saturated rings. The number of hydrogen-bond acceptors (Lipinski definition) is 6. The van der Waals surface area contributed by atoms with Crippen LogP contribution in [-0.2, 0) is 0 Å². The predicted octanol–water partition coefficient (Wildman–Crippen LogP) is 5.79. The summed E-state index contributed by atoms with van der Waals surface area (Å²) >= 11 is 13.6. The molecular formula is C20H16Cl2N4OS. The fourth-order valence-corrected chi connectivity index (χ4v) is 3.85. The van der Waals surface area contributed by atoms with Crippen LogP contribution in [0.5, 0.6) is 5.75 Å². The van der Waals surface area contributed by atoms with Gasteiger partial charge in [0, 0.05) is 31.4 Å². The van der Waals surface area contributed by atoms with Crippen LogP contribution in [-0.4, -0.2) is 36.2 Å². The summed E-state index contributed by atoms with van der Waals surface area (Å²) in [5, 5.41) is 1.72. The zero-order valence-corrected chi connectivity index (χ0v) is 17.7. The Balaban J connectivity index is 1.70. The highest BCUT2D eigenvalue weighted by Gasteiger charge is 2.10. The molecule has 2 heterocycles. The lowest BCUT2D eigenvalue weighted by atomic mass is 10.1. The monoisotopic (exact) mass is 430 g/mol. The molecule has 142 valence electrons. The smallest absolute Gasteiger partial charge is 0.190 e. The predicted molar refractivity (Wildman–Crippen MR) is 119 cm³/mol. The first-order valence-corrected chi connectivity index (χ1v) is 9.98. The molecule has 0 N–H and O–H groups in total. The number of fused-ring (bicyclic) bond motifs is 2. The molecule has 8 heteroatoms. The minimum atomic E-state index is 0.450. The van der Waals surface area contributed by atoms with Crippen LogP contribution in [0.25, 0.3) is 33.7 Å². The second kappa shape index (κ2) is 7.54. The van der Waals surface area contributed by atoms with Crippen LogP contribution in [0.2, 0.25) is 10.0 Å². The van der Waals surface area contributed by atoms with Crippen molar-refractivity contribution in [3.8, 4) is 5.75 Å². The first-order valence-electron chi connectivity index (χ1n) is 8.41. The van der Waals surface area contributed by atoms with Crippen molar-refractivity contribution >= 4 is 73.9 Å². The molecule has 4 aromatic rings. The maximum Gasteiger partial charge on any atom is 0.190 e. The molecule has 0 atom stereocenters. The minimum absolute atomic E-state index is 0.450. The second-order valence-corrected chi connectivity index (χ2v) is 8.14. The Kier molecular flexibility index (Phi) is 5.10.